The molecule has 2 aliphatic carbocycles. The molecular formula is C24H25N3O5S2. The summed E-state index contributed by atoms with van der Waals surface area (Å²) in [4.78, 5) is 59.5. The summed E-state index contributed by atoms with van der Waals surface area (Å²) in [6.07, 6.45) is 6.46. The topological polar surface area (TPSA) is 120 Å². The Morgan fingerprint density at radius 3 is 2.68 bits per heavy atom. The van der Waals surface area contributed by atoms with Gasteiger partial charge in [0.1, 0.15) is 0 Å². The molecular weight excluding hydrogens is 474 g/mol. The molecule has 0 unspecified atom stereocenters. The maximum Gasteiger partial charge on any atom is 0.305 e. The first-order chi connectivity index (χ1) is 16.5. The van der Waals surface area contributed by atoms with Crippen LogP contribution in [0.4, 0.5) is 0 Å². The Hall–Kier alpha value is -2.46. The number of H-pyrrole nitrogens is 1. The van der Waals surface area contributed by atoms with Gasteiger partial charge in [-0.25, -0.2) is 0 Å². The van der Waals surface area contributed by atoms with Crippen LogP contribution in [0.15, 0.2) is 34.3 Å². The summed E-state index contributed by atoms with van der Waals surface area (Å²) in [7, 11) is 0. The molecule has 178 valence electrons. The molecule has 2 aliphatic heterocycles. The number of carbonyl (C=O) groups is 3. The standard InChI is InChI=1S/C24H25N3O5S2/c28-14(29)6-2-1-3-8-27-22(30)17-12-9-13(18(17)23(27)31)19-16(12)15(11-5-4-7-25-10-11)20-21(33-19)26-24(32)34-20/h4-5,7,10,12-13,15-19H,1-3,6,8-9H2,(H,26,32)(H,28,29)/t12-,13-,15+,16+,17-,18+,19-/m1/s1. The molecule has 34 heavy (non-hydrogen) atoms. The van der Waals surface area contributed by atoms with Gasteiger partial charge in [0.05, 0.1) is 16.9 Å². The van der Waals surface area contributed by atoms with Crippen molar-refractivity contribution >= 4 is 40.9 Å². The molecule has 4 aliphatic rings. The number of carboxylic acid groups (broad SMARTS) is 1. The molecule has 6 rings (SSSR count). The fourth-order valence-electron chi connectivity index (χ4n) is 6.96. The van der Waals surface area contributed by atoms with Crippen LogP contribution in [0.1, 0.15) is 48.5 Å². The largest absolute Gasteiger partial charge is 0.481 e. The Bertz CT molecular complexity index is 1210. The van der Waals surface area contributed by atoms with Crippen molar-refractivity contribution in [3.05, 3.63) is 44.6 Å². The number of fused-ring (bicyclic) bond motifs is 9. The SMILES string of the molecule is O=C(O)CCCCCN1C(=O)[C@@H]2[C@@H]3C[C@@H]([C@H]4Sc5[nH]c(=O)sc5[C@@H](c5cccnc5)[C@H]34)[C@@H]2C1=O. The summed E-state index contributed by atoms with van der Waals surface area (Å²) in [6, 6.07) is 3.96. The van der Waals surface area contributed by atoms with Crippen molar-refractivity contribution in [1.82, 2.24) is 14.9 Å². The third kappa shape index (κ3) is 3.29. The third-order valence-corrected chi connectivity index (χ3v) is 10.7. The van der Waals surface area contributed by atoms with E-state index in [0.717, 1.165) is 21.9 Å². The molecule has 2 N–H and O–H groups in total. The van der Waals surface area contributed by atoms with E-state index < -0.39 is 5.97 Å². The van der Waals surface area contributed by atoms with E-state index >= 15 is 0 Å². The van der Waals surface area contributed by atoms with Crippen molar-refractivity contribution in [3.63, 3.8) is 0 Å². The summed E-state index contributed by atoms with van der Waals surface area (Å²) in [5, 5.41) is 9.90. The number of hydrogen-bond donors (Lipinski definition) is 2. The quantitative estimate of drug-likeness (QED) is 0.444. The first kappa shape index (κ1) is 22.0. The summed E-state index contributed by atoms with van der Waals surface area (Å²) in [6.45, 7) is 0.374. The predicted octanol–water partition coefficient (Wildman–Crippen LogP) is 2.95. The maximum absolute atomic E-state index is 13.5. The number of aliphatic carboxylic acids is 1. The van der Waals surface area contributed by atoms with Gasteiger partial charge in [0.25, 0.3) is 0 Å². The Labute approximate surface area is 204 Å². The van der Waals surface area contributed by atoms with Crippen LogP contribution in [0.2, 0.25) is 0 Å². The zero-order chi connectivity index (χ0) is 23.6. The minimum atomic E-state index is -0.822. The number of likely N-dealkylation sites (tertiary alicyclic amines) is 1. The van der Waals surface area contributed by atoms with E-state index in [1.807, 2.05) is 18.3 Å². The number of nitrogens with zero attached hydrogens (tertiary/aromatic N) is 2. The van der Waals surface area contributed by atoms with Crippen LogP contribution in [-0.4, -0.2) is 49.6 Å². The number of rotatable bonds is 7. The van der Waals surface area contributed by atoms with E-state index in [2.05, 4.69) is 9.97 Å². The number of imide groups is 1. The van der Waals surface area contributed by atoms with Crippen molar-refractivity contribution in [1.29, 1.82) is 0 Å². The number of thioether (sulfide) groups is 1. The van der Waals surface area contributed by atoms with Crippen molar-refractivity contribution in [3.8, 4) is 0 Å². The zero-order valence-corrected chi connectivity index (χ0v) is 20.0. The molecule has 8 nitrogen and oxygen atoms in total. The number of hydrogen-bond acceptors (Lipinski definition) is 7. The number of pyridine rings is 1. The van der Waals surface area contributed by atoms with E-state index in [9.17, 15) is 19.2 Å². The highest BCUT2D eigenvalue weighted by molar-refractivity contribution is 8.00. The van der Waals surface area contributed by atoms with Crippen LogP contribution in [0, 0.1) is 29.6 Å². The molecule has 4 heterocycles. The van der Waals surface area contributed by atoms with Gasteiger partial charge in [0.2, 0.25) is 11.8 Å². The molecule has 1 saturated heterocycles. The lowest BCUT2D eigenvalue weighted by Gasteiger charge is -2.42. The van der Waals surface area contributed by atoms with E-state index in [1.54, 1.807) is 18.0 Å². The highest BCUT2D eigenvalue weighted by Gasteiger charge is 2.69. The lowest BCUT2D eigenvalue weighted by Crippen LogP contribution is -2.42. The van der Waals surface area contributed by atoms with Crippen LogP contribution in [0.5, 0.6) is 0 Å². The minimum Gasteiger partial charge on any atom is -0.481 e. The second kappa shape index (κ2) is 8.34. The molecule has 2 saturated carbocycles. The Balaban J connectivity index is 1.28. The molecule has 2 aromatic heterocycles. The van der Waals surface area contributed by atoms with Crippen molar-refractivity contribution in [2.45, 2.75) is 48.3 Å². The average molecular weight is 500 g/mol. The smallest absolute Gasteiger partial charge is 0.305 e. The highest BCUT2D eigenvalue weighted by atomic mass is 32.2. The zero-order valence-electron chi connectivity index (χ0n) is 18.4. The molecule has 7 atom stereocenters. The van der Waals surface area contributed by atoms with Gasteiger partial charge in [-0.15, -0.1) is 11.8 Å². The van der Waals surface area contributed by atoms with Crippen molar-refractivity contribution < 1.29 is 19.5 Å². The van der Waals surface area contributed by atoms with E-state index in [4.69, 9.17) is 5.11 Å². The van der Waals surface area contributed by atoms with E-state index in [-0.39, 0.29) is 63.9 Å². The van der Waals surface area contributed by atoms with Gasteiger partial charge in [-0.1, -0.05) is 23.8 Å². The third-order valence-electron chi connectivity index (χ3n) is 8.13. The normalized spacial score (nSPS) is 33.2. The fraction of sp³-hybridized carbons (Fsp3) is 0.542. The Kier molecular flexibility index (Phi) is 5.40. The summed E-state index contributed by atoms with van der Waals surface area (Å²) in [5.74, 6) is -1.07. The number of thiazole rings is 1. The Morgan fingerprint density at radius 2 is 1.94 bits per heavy atom. The molecule has 2 aromatic rings. The van der Waals surface area contributed by atoms with Crippen molar-refractivity contribution in [2.75, 3.05) is 6.54 Å². The number of carbonyl (C=O) groups excluding carboxylic acids is 2. The summed E-state index contributed by atoms with van der Waals surface area (Å²) >= 11 is 2.94. The fourth-order valence-corrected chi connectivity index (χ4v) is 9.84. The first-order valence-electron chi connectivity index (χ1n) is 11.8. The predicted molar refractivity (Wildman–Crippen MR) is 126 cm³/mol. The Morgan fingerprint density at radius 1 is 1.15 bits per heavy atom. The highest BCUT2D eigenvalue weighted by Crippen LogP contribution is 2.68. The molecule has 0 radical (unpaired) electrons. The molecule has 0 aromatic carbocycles. The number of aromatic nitrogens is 2. The first-order valence-corrected chi connectivity index (χ1v) is 13.5. The van der Waals surface area contributed by atoms with E-state index in [0.29, 0.717) is 25.8 Å². The number of amides is 2. The number of nitrogens with one attached hydrogen (secondary N) is 1. The number of aromatic amines is 1. The van der Waals surface area contributed by atoms with Gasteiger partial charge < -0.3 is 10.1 Å². The van der Waals surface area contributed by atoms with Crippen molar-refractivity contribution in [2.24, 2.45) is 29.6 Å². The second-order valence-electron chi connectivity index (χ2n) is 9.78. The summed E-state index contributed by atoms with van der Waals surface area (Å²) in [5.41, 5.74) is 1.06. The molecule has 10 heteroatoms. The van der Waals surface area contributed by atoms with Gasteiger partial charge in [-0.3, -0.25) is 29.1 Å². The van der Waals surface area contributed by atoms with Crippen LogP contribution in [0.25, 0.3) is 0 Å². The average Bonchev–Trinajstić information content (AvgIpc) is 3.54. The van der Waals surface area contributed by atoms with Gasteiger partial charge in [0, 0.05) is 41.4 Å². The van der Waals surface area contributed by atoms with Gasteiger partial charge >= 0.3 is 10.8 Å². The van der Waals surface area contributed by atoms with Crippen LogP contribution < -0.4 is 4.87 Å². The monoisotopic (exact) mass is 499 g/mol. The van der Waals surface area contributed by atoms with E-state index in [1.165, 1.54) is 16.2 Å². The maximum atomic E-state index is 13.5. The lowest BCUT2D eigenvalue weighted by atomic mass is 9.68. The van der Waals surface area contributed by atoms with Gasteiger partial charge in [0.15, 0.2) is 0 Å². The lowest BCUT2D eigenvalue weighted by molar-refractivity contribution is -0.141. The number of unbranched alkanes of at least 4 members (excludes halogenated alkanes) is 2. The van der Waals surface area contributed by atoms with Gasteiger partial charge in [-0.05, 0) is 48.6 Å². The second-order valence-corrected chi connectivity index (χ2v) is 12.0. The van der Waals surface area contributed by atoms with Gasteiger partial charge in [-0.2, -0.15) is 0 Å². The molecule has 3 fully saturated rings. The van der Waals surface area contributed by atoms with Crippen LogP contribution >= 0.6 is 23.1 Å². The van der Waals surface area contributed by atoms with Crippen LogP contribution in [-0.2, 0) is 14.4 Å². The molecule has 2 bridgehead atoms. The minimum absolute atomic E-state index is 0.00261. The van der Waals surface area contributed by atoms with Crippen LogP contribution in [0.3, 0.4) is 0 Å². The molecule has 0 spiro atoms. The molecule has 2 amide bonds. The number of carboxylic acids is 1. The summed E-state index contributed by atoms with van der Waals surface area (Å²) < 4.78 is 0.